The van der Waals surface area contributed by atoms with E-state index in [1.54, 1.807) is 6.92 Å². The Hall–Kier alpha value is -2.25. The predicted octanol–water partition coefficient (Wildman–Crippen LogP) is 2.76. The second-order valence-electron chi connectivity index (χ2n) is 3.80. The molecule has 2 N–H and O–H groups in total. The number of phenolic OH excluding ortho intramolecular Hbond substituents is 1. The van der Waals surface area contributed by atoms with Crippen molar-refractivity contribution >= 4 is 17.4 Å². The van der Waals surface area contributed by atoms with Crippen LogP contribution in [-0.2, 0) is 15.7 Å². The molecule has 20 heavy (non-hydrogen) atoms. The van der Waals surface area contributed by atoms with Gasteiger partial charge in [0.25, 0.3) is 0 Å². The third-order valence-corrected chi connectivity index (χ3v) is 2.17. The molecular weight excluding hydrogens is 277 g/mol. The van der Waals surface area contributed by atoms with Crippen LogP contribution in [0.1, 0.15) is 19.4 Å². The minimum absolute atomic E-state index is 0.0521. The fourth-order valence-corrected chi connectivity index (χ4v) is 1.27. The maximum absolute atomic E-state index is 12.5. The van der Waals surface area contributed by atoms with Gasteiger partial charge in [-0.15, -0.1) is 0 Å². The Kier molecular flexibility index (Phi) is 4.95. The van der Waals surface area contributed by atoms with Crippen molar-refractivity contribution in [3.63, 3.8) is 0 Å². The Morgan fingerprint density at radius 1 is 1.40 bits per heavy atom. The summed E-state index contributed by atoms with van der Waals surface area (Å²) in [6, 6.07) is 2.41. The maximum atomic E-state index is 12.5. The molecule has 8 heteroatoms. The van der Waals surface area contributed by atoms with E-state index < -0.39 is 23.5 Å². The third kappa shape index (κ3) is 4.45. The molecule has 0 saturated heterocycles. The first kappa shape index (κ1) is 15.8. The van der Waals surface area contributed by atoms with Gasteiger partial charge in [0.1, 0.15) is 11.5 Å². The number of alkyl halides is 3. The van der Waals surface area contributed by atoms with Gasteiger partial charge in [0.2, 0.25) is 0 Å². The largest absolute Gasteiger partial charge is 0.508 e. The molecule has 0 heterocycles. The fourth-order valence-electron chi connectivity index (χ4n) is 1.27. The molecule has 0 radical (unpaired) electrons. The standard InChI is InChI=1S/C12H13F3N2O3/c1-3-20-11(19)7(2)16-17-9-4-8(12(13,14)15)5-10(18)6-9/h4-6,17-18H,3H2,1-2H3/b16-7-. The molecular formula is C12H13F3N2O3. The van der Waals surface area contributed by atoms with Gasteiger partial charge in [-0.1, -0.05) is 0 Å². The monoisotopic (exact) mass is 290 g/mol. The van der Waals surface area contributed by atoms with Crippen molar-refractivity contribution in [2.24, 2.45) is 5.10 Å². The number of carbonyl (C=O) groups is 1. The zero-order valence-electron chi connectivity index (χ0n) is 10.8. The van der Waals surface area contributed by atoms with Crippen LogP contribution in [0.3, 0.4) is 0 Å². The van der Waals surface area contributed by atoms with Gasteiger partial charge < -0.3 is 9.84 Å². The minimum atomic E-state index is -4.59. The first-order valence-electron chi connectivity index (χ1n) is 5.62. The molecule has 110 valence electrons. The van der Waals surface area contributed by atoms with Crippen LogP contribution < -0.4 is 5.43 Å². The second-order valence-corrected chi connectivity index (χ2v) is 3.80. The molecule has 1 aromatic rings. The lowest BCUT2D eigenvalue weighted by Crippen LogP contribution is -2.15. The van der Waals surface area contributed by atoms with E-state index in [9.17, 15) is 23.1 Å². The molecule has 1 aromatic carbocycles. The summed E-state index contributed by atoms with van der Waals surface area (Å²) < 4.78 is 42.2. The lowest BCUT2D eigenvalue weighted by Gasteiger charge is -2.09. The summed E-state index contributed by atoms with van der Waals surface area (Å²) in [5.74, 6) is -1.25. The maximum Gasteiger partial charge on any atom is 0.416 e. The van der Waals surface area contributed by atoms with E-state index in [0.29, 0.717) is 6.07 Å². The number of phenols is 1. The smallest absolute Gasteiger partial charge is 0.416 e. The lowest BCUT2D eigenvalue weighted by molar-refractivity contribution is -0.137. The van der Waals surface area contributed by atoms with Crippen molar-refractivity contribution in [3.05, 3.63) is 23.8 Å². The number of hydrogen-bond donors (Lipinski definition) is 2. The normalized spacial score (nSPS) is 12.2. The SMILES string of the molecule is CCOC(=O)/C(C)=N\Nc1cc(O)cc(C(F)(F)F)c1. The van der Waals surface area contributed by atoms with E-state index in [1.807, 2.05) is 0 Å². The van der Waals surface area contributed by atoms with Crippen molar-refractivity contribution < 1.29 is 27.8 Å². The van der Waals surface area contributed by atoms with Gasteiger partial charge in [0.05, 0.1) is 17.9 Å². The molecule has 0 aliphatic rings. The minimum Gasteiger partial charge on any atom is -0.508 e. The Morgan fingerprint density at radius 2 is 2.05 bits per heavy atom. The first-order chi connectivity index (χ1) is 9.24. The summed E-state index contributed by atoms with van der Waals surface area (Å²) in [5.41, 5.74) is 1.09. The van der Waals surface area contributed by atoms with E-state index in [2.05, 4.69) is 15.3 Å². The quantitative estimate of drug-likeness (QED) is 0.508. The van der Waals surface area contributed by atoms with Gasteiger partial charge in [-0.2, -0.15) is 18.3 Å². The molecule has 0 saturated carbocycles. The van der Waals surface area contributed by atoms with Crippen LogP contribution in [0.25, 0.3) is 0 Å². The number of ether oxygens (including phenoxy) is 1. The summed E-state index contributed by atoms with van der Waals surface area (Å²) >= 11 is 0. The Balaban J connectivity index is 2.91. The molecule has 0 atom stereocenters. The van der Waals surface area contributed by atoms with E-state index in [4.69, 9.17) is 0 Å². The van der Waals surface area contributed by atoms with Crippen LogP contribution in [-0.4, -0.2) is 23.4 Å². The molecule has 1 rings (SSSR count). The molecule has 0 unspecified atom stereocenters. The summed E-state index contributed by atoms with van der Waals surface area (Å²) in [6.07, 6.45) is -4.59. The third-order valence-electron chi connectivity index (χ3n) is 2.17. The number of hydrazone groups is 1. The number of nitrogens with zero attached hydrogens (tertiary/aromatic N) is 1. The average molecular weight is 290 g/mol. The summed E-state index contributed by atoms with van der Waals surface area (Å²) in [6.45, 7) is 3.12. The molecule has 0 fully saturated rings. The zero-order valence-corrected chi connectivity index (χ0v) is 10.8. The summed E-state index contributed by atoms with van der Waals surface area (Å²) in [4.78, 5) is 11.2. The first-order valence-corrected chi connectivity index (χ1v) is 5.62. The highest BCUT2D eigenvalue weighted by Gasteiger charge is 2.31. The highest BCUT2D eigenvalue weighted by atomic mass is 19.4. The van der Waals surface area contributed by atoms with Gasteiger partial charge in [0, 0.05) is 6.07 Å². The van der Waals surface area contributed by atoms with Crippen LogP contribution in [0.2, 0.25) is 0 Å². The van der Waals surface area contributed by atoms with Crippen molar-refractivity contribution in [1.82, 2.24) is 0 Å². The topological polar surface area (TPSA) is 70.9 Å². The van der Waals surface area contributed by atoms with E-state index in [0.717, 1.165) is 12.1 Å². The van der Waals surface area contributed by atoms with Gasteiger partial charge in [-0.25, -0.2) is 4.79 Å². The number of carbonyl (C=O) groups excluding carboxylic acids is 1. The Labute approximate surface area is 113 Å². The predicted molar refractivity (Wildman–Crippen MR) is 66.5 cm³/mol. The Bertz CT molecular complexity index is 527. The van der Waals surface area contributed by atoms with Crippen LogP contribution in [0.4, 0.5) is 18.9 Å². The number of hydrogen-bond acceptors (Lipinski definition) is 5. The second kappa shape index (κ2) is 6.27. The van der Waals surface area contributed by atoms with Gasteiger partial charge in [-0.05, 0) is 26.0 Å². The molecule has 0 spiro atoms. The highest BCUT2D eigenvalue weighted by molar-refractivity contribution is 6.35. The van der Waals surface area contributed by atoms with Gasteiger partial charge in [-0.3, -0.25) is 5.43 Å². The summed E-state index contributed by atoms with van der Waals surface area (Å²) in [7, 11) is 0. The molecule has 0 aromatic heterocycles. The van der Waals surface area contributed by atoms with Gasteiger partial charge in [0.15, 0.2) is 0 Å². The number of halogens is 3. The fraction of sp³-hybridized carbons (Fsp3) is 0.333. The van der Waals surface area contributed by atoms with E-state index in [1.165, 1.54) is 6.92 Å². The molecule has 5 nitrogen and oxygen atoms in total. The van der Waals surface area contributed by atoms with E-state index in [-0.39, 0.29) is 18.0 Å². The van der Waals surface area contributed by atoms with Crippen LogP contribution >= 0.6 is 0 Å². The molecule has 0 aliphatic carbocycles. The molecule has 0 amide bonds. The molecule has 0 bridgehead atoms. The number of nitrogens with one attached hydrogen (secondary N) is 1. The van der Waals surface area contributed by atoms with Crippen molar-refractivity contribution in [2.45, 2.75) is 20.0 Å². The average Bonchev–Trinajstić information content (AvgIpc) is 2.34. The van der Waals surface area contributed by atoms with E-state index >= 15 is 0 Å². The van der Waals surface area contributed by atoms with Gasteiger partial charge >= 0.3 is 12.1 Å². The number of benzene rings is 1. The van der Waals surface area contributed by atoms with Crippen molar-refractivity contribution in [1.29, 1.82) is 0 Å². The van der Waals surface area contributed by atoms with Crippen LogP contribution in [0.5, 0.6) is 5.75 Å². The molecule has 0 aliphatic heterocycles. The van der Waals surface area contributed by atoms with Crippen molar-refractivity contribution in [3.8, 4) is 5.75 Å². The number of anilines is 1. The summed E-state index contributed by atoms with van der Waals surface area (Å²) in [5, 5.41) is 12.8. The van der Waals surface area contributed by atoms with Crippen LogP contribution in [0, 0.1) is 0 Å². The van der Waals surface area contributed by atoms with Crippen LogP contribution in [0.15, 0.2) is 23.3 Å². The zero-order chi connectivity index (χ0) is 15.3. The number of aromatic hydroxyl groups is 1. The van der Waals surface area contributed by atoms with Crippen molar-refractivity contribution in [2.75, 3.05) is 12.0 Å². The lowest BCUT2D eigenvalue weighted by atomic mass is 10.2. The number of esters is 1. The highest BCUT2D eigenvalue weighted by Crippen LogP contribution is 2.33. The Morgan fingerprint density at radius 3 is 2.60 bits per heavy atom. The number of rotatable bonds is 4.